The highest BCUT2D eigenvalue weighted by molar-refractivity contribution is 5.95. The topological polar surface area (TPSA) is 46.4 Å². The molecule has 2 heterocycles. The Morgan fingerprint density at radius 2 is 1.74 bits per heavy atom. The molecule has 132 valence electrons. The largest absolute Gasteiger partial charge is 0.326 e. The molecule has 0 saturated heterocycles. The third-order valence-corrected chi connectivity index (χ3v) is 5.17. The van der Waals surface area contributed by atoms with Gasteiger partial charge in [0.15, 0.2) is 0 Å². The van der Waals surface area contributed by atoms with E-state index in [1.165, 1.54) is 5.56 Å². The first-order valence-electron chi connectivity index (χ1n) is 9.18. The van der Waals surface area contributed by atoms with Gasteiger partial charge in [0.25, 0.3) is 0 Å². The van der Waals surface area contributed by atoms with Crippen LogP contribution in [0.5, 0.6) is 0 Å². The molecule has 0 spiro atoms. The molecule has 2 aromatic heterocycles. The van der Waals surface area contributed by atoms with Crippen LogP contribution in [0.15, 0.2) is 85.2 Å². The molecule has 4 aromatic rings. The van der Waals surface area contributed by atoms with E-state index in [4.69, 9.17) is 0 Å². The van der Waals surface area contributed by atoms with Crippen molar-refractivity contribution in [1.82, 2.24) is 9.38 Å². The Kier molecular flexibility index (Phi) is 3.75. The third kappa shape index (κ3) is 3.10. The van der Waals surface area contributed by atoms with Gasteiger partial charge in [-0.1, -0.05) is 48.5 Å². The van der Waals surface area contributed by atoms with Gasteiger partial charge in [-0.2, -0.15) is 0 Å². The van der Waals surface area contributed by atoms with Crippen LogP contribution in [-0.2, 0) is 4.79 Å². The summed E-state index contributed by atoms with van der Waals surface area (Å²) in [4.78, 5) is 17.1. The van der Waals surface area contributed by atoms with Crippen molar-refractivity contribution in [1.29, 1.82) is 0 Å². The minimum atomic E-state index is 0.0746. The fourth-order valence-electron chi connectivity index (χ4n) is 3.59. The second kappa shape index (κ2) is 6.40. The number of hydrogen-bond donors (Lipinski definition) is 1. The summed E-state index contributed by atoms with van der Waals surface area (Å²) in [5.41, 5.74) is 4.95. The second-order valence-electron chi connectivity index (χ2n) is 7.02. The maximum atomic E-state index is 12.5. The van der Waals surface area contributed by atoms with Crippen LogP contribution in [0.4, 0.5) is 5.69 Å². The molecule has 1 amide bonds. The summed E-state index contributed by atoms with van der Waals surface area (Å²) < 4.78 is 2.00. The van der Waals surface area contributed by atoms with Crippen molar-refractivity contribution >= 4 is 17.2 Å². The normalized spacial score (nSPS) is 18.4. The number of nitrogens with one attached hydrogen (secondary N) is 1. The fourth-order valence-corrected chi connectivity index (χ4v) is 3.59. The molecule has 4 nitrogen and oxygen atoms in total. The number of carbonyl (C=O) groups is 1. The number of nitrogens with zero attached hydrogens (tertiary/aromatic N) is 2. The molecule has 0 unspecified atom stereocenters. The molecule has 2 aromatic carbocycles. The van der Waals surface area contributed by atoms with Crippen LogP contribution in [0.2, 0.25) is 0 Å². The highest BCUT2D eigenvalue weighted by Crippen LogP contribution is 2.47. The standard InChI is InChI=1S/C23H19N3O/c27-23(20-14-19(20)16-6-2-1-3-7-16)24-18-11-9-17(10-12-18)21-15-26-13-5-4-8-22(26)25-21/h1-13,15,19-20H,14H2,(H,24,27)/t19-,20-/m0/s1. The lowest BCUT2D eigenvalue weighted by Gasteiger charge is -2.06. The van der Waals surface area contributed by atoms with Gasteiger partial charge in [0, 0.05) is 29.6 Å². The fraction of sp³-hybridized carbons (Fsp3) is 0.130. The van der Waals surface area contributed by atoms with E-state index in [1.54, 1.807) is 0 Å². The van der Waals surface area contributed by atoms with Gasteiger partial charge in [-0.25, -0.2) is 4.98 Å². The highest BCUT2D eigenvalue weighted by Gasteiger charge is 2.43. The van der Waals surface area contributed by atoms with E-state index in [1.807, 2.05) is 77.5 Å². The quantitative estimate of drug-likeness (QED) is 0.576. The number of imidazole rings is 1. The van der Waals surface area contributed by atoms with Crippen LogP contribution in [0.3, 0.4) is 0 Å². The Balaban J connectivity index is 1.27. The number of benzene rings is 2. The van der Waals surface area contributed by atoms with Crippen LogP contribution in [-0.4, -0.2) is 15.3 Å². The number of pyridine rings is 1. The van der Waals surface area contributed by atoms with Crippen LogP contribution in [0, 0.1) is 5.92 Å². The van der Waals surface area contributed by atoms with Crippen LogP contribution in [0.1, 0.15) is 17.9 Å². The lowest BCUT2D eigenvalue weighted by atomic mass is 10.1. The van der Waals surface area contributed by atoms with Gasteiger partial charge in [0.05, 0.1) is 5.69 Å². The molecule has 0 radical (unpaired) electrons. The third-order valence-electron chi connectivity index (χ3n) is 5.17. The van der Waals surface area contributed by atoms with E-state index < -0.39 is 0 Å². The van der Waals surface area contributed by atoms with Gasteiger partial charge < -0.3 is 9.72 Å². The molecule has 4 heteroatoms. The van der Waals surface area contributed by atoms with E-state index in [-0.39, 0.29) is 11.8 Å². The van der Waals surface area contributed by atoms with Crippen molar-refractivity contribution in [2.24, 2.45) is 5.92 Å². The van der Waals surface area contributed by atoms with Gasteiger partial charge in [-0.05, 0) is 42.2 Å². The Labute approximate surface area is 157 Å². The van der Waals surface area contributed by atoms with Crippen molar-refractivity contribution in [3.63, 3.8) is 0 Å². The Morgan fingerprint density at radius 3 is 2.52 bits per heavy atom. The number of amides is 1. The number of carbonyl (C=O) groups excluding carboxylic acids is 1. The van der Waals surface area contributed by atoms with Gasteiger partial charge in [-0.15, -0.1) is 0 Å². The maximum Gasteiger partial charge on any atom is 0.228 e. The van der Waals surface area contributed by atoms with Crippen molar-refractivity contribution in [3.8, 4) is 11.3 Å². The van der Waals surface area contributed by atoms with Gasteiger partial charge in [0.1, 0.15) is 5.65 Å². The first-order chi connectivity index (χ1) is 13.3. The van der Waals surface area contributed by atoms with Crippen LogP contribution >= 0.6 is 0 Å². The maximum absolute atomic E-state index is 12.5. The number of fused-ring (bicyclic) bond motifs is 1. The van der Waals surface area contributed by atoms with E-state index in [9.17, 15) is 4.79 Å². The monoisotopic (exact) mass is 353 g/mol. The highest BCUT2D eigenvalue weighted by atomic mass is 16.2. The predicted octanol–water partition coefficient (Wildman–Crippen LogP) is 4.74. The minimum Gasteiger partial charge on any atom is -0.326 e. The van der Waals surface area contributed by atoms with Gasteiger partial charge >= 0.3 is 0 Å². The first-order valence-corrected chi connectivity index (χ1v) is 9.18. The van der Waals surface area contributed by atoms with Crippen molar-refractivity contribution < 1.29 is 4.79 Å². The van der Waals surface area contributed by atoms with Crippen molar-refractivity contribution in [3.05, 3.63) is 90.8 Å². The van der Waals surface area contributed by atoms with Crippen molar-refractivity contribution in [2.45, 2.75) is 12.3 Å². The molecule has 1 saturated carbocycles. The average Bonchev–Trinajstić information content (AvgIpc) is 3.41. The zero-order valence-corrected chi connectivity index (χ0v) is 14.7. The molecule has 0 bridgehead atoms. The minimum absolute atomic E-state index is 0.0746. The molecular formula is C23H19N3O. The van der Waals surface area contributed by atoms with E-state index >= 15 is 0 Å². The number of rotatable bonds is 4. The van der Waals surface area contributed by atoms with E-state index in [2.05, 4.69) is 22.4 Å². The van der Waals surface area contributed by atoms with Crippen LogP contribution in [0.25, 0.3) is 16.9 Å². The molecule has 1 aliphatic rings. The average molecular weight is 353 g/mol. The number of hydrogen-bond acceptors (Lipinski definition) is 2. The Bertz CT molecular complexity index is 1070. The molecular weight excluding hydrogens is 334 g/mol. The second-order valence-corrected chi connectivity index (χ2v) is 7.02. The molecule has 27 heavy (non-hydrogen) atoms. The summed E-state index contributed by atoms with van der Waals surface area (Å²) in [6, 6.07) is 24.1. The summed E-state index contributed by atoms with van der Waals surface area (Å²) in [7, 11) is 0. The molecule has 1 aliphatic carbocycles. The number of aromatic nitrogens is 2. The zero-order valence-electron chi connectivity index (χ0n) is 14.7. The molecule has 5 rings (SSSR count). The first kappa shape index (κ1) is 15.8. The molecule has 1 N–H and O–H groups in total. The van der Waals surface area contributed by atoms with Gasteiger partial charge in [-0.3, -0.25) is 4.79 Å². The summed E-state index contributed by atoms with van der Waals surface area (Å²) >= 11 is 0. The molecule has 2 atom stereocenters. The summed E-state index contributed by atoms with van der Waals surface area (Å²) in [6.45, 7) is 0. The lowest BCUT2D eigenvalue weighted by Crippen LogP contribution is -2.14. The lowest BCUT2D eigenvalue weighted by molar-refractivity contribution is -0.117. The SMILES string of the molecule is O=C(Nc1ccc(-c2cn3ccccc3n2)cc1)[C@H]1C[C@H]1c1ccccc1. The molecule has 1 fully saturated rings. The Hall–Kier alpha value is -3.40. The van der Waals surface area contributed by atoms with E-state index in [0.717, 1.165) is 29.0 Å². The van der Waals surface area contributed by atoms with Crippen molar-refractivity contribution in [2.75, 3.05) is 5.32 Å². The predicted molar refractivity (Wildman–Crippen MR) is 107 cm³/mol. The smallest absolute Gasteiger partial charge is 0.228 e. The summed E-state index contributed by atoms with van der Waals surface area (Å²) in [6.07, 6.45) is 4.92. The number of anilines is 1. The molecule has 0 aliphatic heterocycles. The summed E-state index contributed by atoms with van der Waals surface area (Å²) in [5.74, 6) is 0.526. The summed E-state index contributed by atoms with van der Waals surface area (Å²) in [5, 5.41) is 3.04. The Morgan fingerprint density at radius 1 is 0.963 bits per heavy atom. The van der Waals surface area contributed by atoms with E-state index in [0.29, 0.717) is 5.92 Å². The van der Waals surface area contributed by atoms with Crippen LogP contribution < -0.4 is 5.32 Å². The zero-order chi connectivity index (χ0) is 18.2. The van der Waals surface area contributed by atoms with Gasteiger partial charge in [0.2, 0.25) is 5.91 Å².